The average Bonchev–Trinajstić information content (AvgIpc) is 2.96. The summed E-state index contributed by atoms with van der Waals surface area (Å²) in [5, 5.41) is 18.0. The van der Waals surface area contributed by atoms with E-state index >= 15 is 0 Å². The molecule has 1 aromatic carbocycles. The first kappa shape index (κ1) is 13.1. The lowest BCUT2D eigenvalue weighted by Gasteiger charge is -2.20. The Bertz CT molecular complexity index is 782. The zero-order chi connectivity index (χ0) is 14.7. The van der Waals surface area contributed by atoms with Crippen molar-refractivity contribution in [1.82, 2.24) is 15.2 Å². The van der Waals surface area contributed by atoms with E-state index in [0.29, 0.717) is 5.69 Å². The lowest BCUT2D eigenvalue weighted by atomic mass is 10.1. The number of fused-ring (bicyclic) bond motifs is 1. The van der Waals surface area contributed by atoms with Crippen molar-refractivity contribution in [2.75, 3.05) is 11.4 Å². The Morgan fingerprint density at radius 2 is 2.05 bits per heavy atom. The van der Waals surface area contributed by atoms with Gasteiger partial charge in [0.15, 0.2) is 11.5 Å². The molecule has 2 heterocycles. The molecule has 0 fully saturated rings. The molecule has 0 aliphatic heterocycles. The molecular weight excluding hydrogens is 262 g/mol. The Hall–Kier alpha value is -2.87. The van der Waals surface area contributed by atoms with Crippen molar-refractivity contribution >= 4 is 16.7 Å². The molecule has 2 aromatic heterocycles. The normalized spacial score (nSPS) is 10.5. The van der Waals surface area contributed by atoms with E-state index in [2.05, 4.69) is 39.1 Å². The van der Waals surface area contributed by atoms with Crippen molar-refractivity contribution in [2.24, 2.45) is 0 Å². The smallest absolute Gasteiger partial charge is 0.163 e. The van der Waals surface area contributed by atoms with Crippen LogP contribution in [0, 0.1) is 11.3 Å². The number of H-pyrrole nitrogens is 1. The highest BCUT2D eigenvalue weighted by Crippen LogP contribution is 2.21. The topological polar surface area (TPSA) is 68.6 Å². The van der Waals surface area contributed by atoms with Crippen molar-refractivity contribution in [3.05, 3.63) is 53.9 Å². The van der Waals surface area contributed by atoms with Crippen LogP contribution in [0.5, 0.6) is 0 Å². The molecule has 0 radical (unpaired) electrons. The minimum absolute atomic E-state index is 0.335. The maximum absolute atomic E-state index is 8.78. The maximum atomic E-state index is 8.78. The van der Waals surface area contributed by atoms with Gasteiger partial charge >= 0.3 is 0 Å². The van der Waals surface area contributed by atoms with Gasteiger partial charge in [-0.1, -0.05) is 18.2 Å². The molecule has 1 N–H and O–H groups in total. The fourth-order valence-corrected chi connectivity index (χ4v) is 2.38. The summed E-state index contributed by atoms with van der Waals surface area (Å²) in [6, 6.07) is 13.8. The maximum Gasteiger partial charge on any atom is 0.163 e. The van der Waals surface area contributed by atoms with E-state index in [1.54, 1.807) is 6.07 Å². The molecule has 104 valence electrons. The summed E-state index contributed by atoms with van der Waals surface area (Å²) in [6.45, 7) is 3.65. The van der Waals surface area contributed by atoms with Gasteiger partial charge in [-0.25, -0.2) is 0 Å². The van der Waals surface area contributed by atoms with Gasteiger partial charge < -0.3 is 9.88 Å². The van der Waals surface area contributed by atoms with Gasteiger partial charge in [0.05, 0.1) is 0 Å². The number of hydrogen-bond acceptors (Lipinski definition) is 4. The molecule has 0 unspecified atom stereocenters. The molecule has 3 aromatic rings. The van der Waals surface area contributed by atoms with E-state index < -0.39 is 0 Å². The van der Waals surface area contributed by atoms with Gasteiger partial charge in [-0.15, -0.1) is 10.2 Å². The first-order valence-electron chi connectivity index (χ1n) is 6.85. The number of nitrogens with zero attached hydrogens (tertiary/aromatic N) is 4. The van der Waals surface area contributed by atoms with Gasteiger partial charge in [-0.3, -0.25) is 0 Å². The molecular formula is C16H15N5. The van der Waals surface area contributed by atoms with Crippen LogP contribution >= 0.6 is 0 Å². The quantitative estimate of drug-likeness (QED) is 0.796. The predicted octanol–water partition coefficient (Wildman–Crippen LogP) is 2.86. The first-order valence-corrected chi connectivity index (χ1v) is 6.85. The lowest BCUT2D eigenvalue weighted by Crippen LogP contribution is -2.23. The summed E-state index contributed by atoms with van der Waals surface area (Å²) in [4.78, 5) is 5.41. The van der Waals surface area contributed by atoms with Gasteiger partial charge in [0.1, 0.15) is 6.07 Å². The van der Waals surface area contributed by atoms with Crippen molar-refractivity contribution in [3.8, 4) is 6.07 Å². The van der Waals surface area contributed by atoms with Crippen molar-refractivity contribution in [2.45, 2.75) is 13.5 Å². The molecule has 0 aliphatic rings. The van der Waals surface area contributed by atoms with Crippen LogP contribution in [0.25, 0.3) is 10.9 Å². The number of anilines is 1. The number of hydrogen-bond donors (Lipinski definition) is 1. The van der Waals surface area contributed by atoms with Crippen LogP contribution in [0.15, 0.2) is 42.6 Å². The molecule has 0 bridgehead atoms. The number of rotatable bonds is 4. The summed E-state index contributed by atoms with van der Waals surface area (Å²) in [6.07, 6.45) is 2.03. The van der Waals surface area contributed by atoms with Crippen LogP contribution in [0.1, 0.15) is 18.2 Å². The number of aromatic amines is 1. The molecule has 3 rings (SSSR count). The zero-order valence-electron chi connectivity index (χ0n) is 11.7. The molecule has 5 heteroatoms. The third-order valence-electron chi connectivity index (χ3n) is 3.51. The van der Waals surface area contributed by atoms with Gasteiger partial charge in [0, 0.05) is 30.2 Å². The molecule has 0 saturated carbocycles. The predicted molar refractivity (Wildman–Crippen MR) is 81.8 cm³/mol. The Morgan fingerprint density at radius 1 is 1.19 bits per heavy atom. The van der Waals surface area contributed by atoms with E-state index in [-0.39, 0.29) is 0 Å². The first-order chi connectivity index (χ1) is 10.3. The van der Waals surface area contributed by atoms with E-state index in [9.17, 15) is 0 Å². The molecule has 5 nitrogen and oxygen atoms in total. The third-order valence-corrected chi connectivity index (χ3v) is 3.51. The highest BCUT2D eigenvalue weighted by molar-refractivity contribution is 5.83. The van der Waals surface area contributed by atoms with E-state index in [1.807, 2.05) is 30.5 Å². The Labute approximate surface area is 122 Å². The van der Waals surface area contributed by atoms with Crippen LogP contribution < -0.4 is 4.90 Å². The van der Waals surface area contributed by atoms with E-state index in [1.165, 1.54) is 10.9 Å². The summed E-state index contributed by atoms with van der Waals surface area (Å²) in [5.41, 5.74) is 2.69. The second-order valence-electron chi connectivity index (χ2n) is 4.76. The monoisotopic (exact) mass is 277 g/mol. The number of para-hydroxylation sites is 1. The second-order valence-corrected chi connectivity index (χ2v) is 4.76. The highest BCUT2D eigenvalue weighted by atomic mass is 15.3. The Balaban J connectivity index is 1.88. The van der Waals surface area contributed by atoms with Crippen LogP contribution in [0.2, 0.25) is 0 Å². The molecule has 21 heavy (non-hydrogen) atoms. The van der Waals surface area contributed by atoms with Crippen LogP contribution in [0.3, 0.4) is 0 Å². The molecule has 0 aliphatic carbocycles. The molecule has 0 atom stereocenters. The summed E-state index contributed by atoms with van der Waals surface area (Å²) in [7, 11) is 0. The van der Waals surface area contributed by atoms with Crippen molar-refractivity contribution < 1.29 is 0 Å². The van der Waals surface area contributed by atoms with Crippen LogP contribution in [0.4, 0.5) is 5.82 Å². The Morgan fingerprint density at radius 3 is 2.76 bits per heavy atom. The van der Waals surface area contributed by atoms with Gasteiger partial charge in [-0.2, -0.15) is 5.26 Å². The van der Waals surface area contributed by atoms with Crippen molar-refractivity contribution in [3.63, 3.8) is 0 Å². The minimum atomic E-state index is 0.335. The fourth-order valence-electron chi connectivity index (χ4n) is 2.38. The van der Waals surface area contributed by atoms with Gasteiger partial charge in [-0.05, 0) is 30.7 Å². The Kier molecular flexibility index (Phi) is 3.52. The average molecular weight is 277 g/mol. The number of nitriles is 1. The summed E-state index contributed by atoms with van der Waals surface area (Å²) < 4.78 is 0. The van der Waals surface area contributed by atoms with Crippen LogP contribution in [-0.2, 0) is 6.54 Å². The third kappa shape index (κ3) is 2.56. The second kappa shape index (κ2) is 5.63. The summed E-state index contributed by atoms with van der Waals surface area (Å²) in [5.74, 6) is 0.779. The highest BCUT2D eigenvalue weighted by Gasteiger charge is 2.10. The van der Waals surface area contributed by atoms with Gasteiger partial charge in [0.2, 0.25) is 0 Å². The van der Waals surface area contributed by atoms with Crippen molar-refractivity contribution in [1.29, 1.82) is 5.26 Å². The van der Waals surface area contributed by atoms with E-state index in [0.717, 1.165) is 24.4 Å². The number of benzene rings is 1. The lowest BCUT2D eigenvalue weighted by molar-refractivity contribution is 0.797. The largest absolute Gasteiger partial charge is 0.361 e. The van der Waals surface area contributed by atoms with Gasteiger partial charge in [0.25, 0.3) is 0 Å². The molecule has 0 spiro atoms. The molecule has 0 saturated heterocycles. The van der Waals surface area contributed by atoms with Crippen LogP contribution in [-0.4, -0.2) is 21.7 Å². The van der Waals surface area contributed by atoms with E-state index in [4.69, 9.17) is 5.26 Å². The summed E-state index contributed by atoms with van der Waals surface area (Å²) >= 11 is 0. The SMILES string of the molecule is CCN(Cc1c[nH]c2ccccc12)c1ccc(C#N)nn1. The number of nitrogens with one attached hydrogen (secondary N) is 1. The zero-order valence-corrected chi connectivity index (χ0v) is 11.7. The fraction of sp³-hybridized carbons (Fsp3) is 0.188. The minimum Gasteiger partial charge on any atom is -0.361 e. The number of aromatic nitrogens is 3. The molecule has 0 amide bonds. The standard InChI is InChI=1S/C16H15N5/c1-2-21(16-8-7-13(9-17)19-20-16)11-12-10-18-15-6-4-3-5-14(12)15/h3-8,10,18H,2,11H2,1H3.